The molecule has 19 heavy (non-hydrogen) atoms. The van der Waals surface area contributed by atoms with Crippen LogP contribution in [0.5, 0.6) is 0 Å². The lowest BCUT2D eigenvalue weighted by Crippen LogP contribution is -2.17. The van der Waals surface area contributed by atoms with Gasteiger partial charge in [-0.2, -0.15) is 0 Å². The zero-order valence-corrected chi connectivity index (χ0v) is 13.1. The molecule has 0 aliphatic heterocycles. The van der Waals surface area contributed by atoms with Crippen LogP contribution in [-0.4, -0.2) is 9.97 Å². The van der Waals surface area contributed by atoms with Crippen molar-refractivity contribution in [3.63, 3.8) is 0 Å². The second kappa shape index (κ2) is 5.88. The van der Waals surface area contributed by atoms with Gasteiger partial charge in [0.2, 0.25) is 0 Å². The number of nitrogens with zero attached hydrogens (tertiary/aromatic N) is 2. The lowest BCUT2D eigenvalue weighted by molar-refractivity contribution is 0.551. The topological polar surface area (TPSA) is 37.8 Å². The molecule has 2 rings (SSSR count). The lowest BCUT2D eigenvalue weighted by Gasteiger charge is -2.22. The minimum Gasteiger partial charge on any atom is -0.360 e. The van der Waals surface area contributed by atoms with E-state index < -0.39 is 0 Å². The first-order valence-corrected chi connectivity index (χ1v) is 7.55. The lowest BCUT2D eigenvalue weighted by atomic mass is 10.0. The third-order valence-electron chi connectivity index (χ3n) is 3.07. The van der Waals surface area contributed by atoms with E-state index in [2.05, 4.69) is 46.6 Å². The Morgan fingerprint density at radius 1 is 1.21 bits per heavy atom. The number of halogens is 1. The Balaban J connectivity index is 2.30. The first kappa shape index (κ1) is 14.3. The first-order valence-electron chi connectivity index (χ1n) is 6.29. The van der Waals surface area contributed by atoms with Crippen LogP contribution in [0.3, 0.4) is 0 Å². The highest BCUT2D eigenvalue weighted by Crippen LogP contribution is 2.31. The van der Waals surface area contributed by atoms with Gasteiger partial charge in [0.05, 0.1) is 17.4 Å². The van der Waals surface area contributed by atoms with Crippen molar-refractivity contribution < 1.29 is 0 Å². The zero-order chi connectivity index (χ0) is 14.0. The van der Waals surface area contributed by atoms with Gasteiger partial charge >= 0.3 is 0 Å². The molecule has 0 aliphatic carbocycles. The summed E-state index contributed by atoms with van der Waals surface area (Å²) in [5.41, 5.74) is 1.77. The smallest absolute Gasteiger partial charge is 0.171 e. The summed E-state index contributed by atoms with van der Waals surface area (Å²) in [5, 5.41) is 5.94. The van der Waals surface area contributed by atoms with Crippen LogP contribution in [0.1, 0.15) is 36.2 Å². The van der Waals surface area contributed by atoms with Gasteiger partial charge in [0.1, 0.15) is 0 Å². The number of nitrogens with one attached hydrogen (secondary N) is 1. The van der Waals surface area contributed by atoms with Gasteiger partial charge in [0, 0.05) is 4.88 Å². The van der Waals surface area contributed by atoms with Crippen LogP contribution < -0.4 is 5.32 Å². The Kier molecular flexibility index (Phi) is 4.42. The third kappa shape index (κ3) is 3.25. The molecule has 0 fully saturated rings. The minimum atomic E-state index is 0.203. The maximum atomic E-state index is 6.18. The largest absolute Gasteiger partial charge is 0.360 e. The van der Waals surface area contributed by atoms with Crippen LogP contribution in [0.4, 0.5) is 5.82 Å². The molecule has 5 heteroatoms. The number of aromatic nitrogens is 2. The third-order valence-corrected chi connectivity index (χ3v) is 4.29. The predicted octanol–water partition coefficient (Wildman–Crippen LogP) is 4.62. The molecule has 1 unspecified atom stereocenters. The molecular formula is C14H18ClN3S. The van der Waals surface area contributed by atoms with E-state index in [9.17, 15) is 0 Å². The van der Waals surface area contributed by atoms with E-state index >= 15 is 0 Å². The van der Waals surface area contributed by atoms with Crippen molar-refractivity contribution >= 4 is 28.8 Å². The molecule has 0 aliphatic rings. The average molecular weight is 296 g/mol. The summed E-state index contributed by atoms with van der Waals surface area (Å²) in [5.74, 6) is 1.11. The monoisotopic (exact) mass is 295 g/mol. The Morgan fingerprint density at radius 2 is 1.89 bits per heavy atom. The molecule has 0 radical (unpaired) electrons. The van der Waals surface area contributed by atoms with Crippen molar-refractivity contribution in [3.05, 3.63) is 38.9 Å². The predicted molar refractivity (Wildman–Crippen MR) is 82.0 cm³/mol. The molecule has 0 amide bonds. The van der Waals surface area contributed by atoms with E-state index in [-0.39, 0.29) is 6.04 Å². The molecule has 0 aromatic carbocycles. The molecule has 2 heterocycles. The summed E-state index contributed by atoms with van der Waals surface area (Å²) in [4.78, 5) is 10.1. The fourth-order valence-corrected chi connectivity index (χ4v) is 3.02. The number of thiophene rings is 1. The van der Waals surface area contributed by atoms with E-state index in [0.717, 1.165) is 11.4 Å². The average Bonchev–Trinajstić information content (AvgIpc) is 2.85. The van der Waals surface area contributed by atoms with Gasteiger partial charge in [-0.15, -0.1) is 11.3 Å². The normalized spacial score (nSPS) is 12.7. The summed E-state index contributed by atoms with van der Waals surface area (Å²) in [6, 6.07) is 4.39. The molecule has 1 N–H and O–H groups in total. The summed E-state index contributed by atoms with van der Waals surface area (Å²) in [6.45, 7) is 8.22. The number of anilines is 1. The molecule has 3 nitrogen and oxygen atoms in total. The van der Waals surface area contributed by atoms with Crippen molar-refractivity contribution in [2.45, 2.75) is 33.7 Å². The van der Waals surface area contributed by atoms with Crippen molar-refractivity contribution in [3.8, 4) is 0 Å². The van der Waals surface area contributed by atoms with Crippen LogP contribution >= 0.6 is 22.9 Å². The van der Waals surface area contributed by atoms with E-state index in [1.165, 1.54) is 4.88 Å². The standard InChI is InChI=1S/C14H18ClN3S/c1-8(2)12(11-6-5-7-19-11)18-14-13(15)16-9(3)10(4)17-14/h5-8,12H,1-4H3,(H,17,18). The maximum absolute atomic E-state index is 6.18. The van der Waals surface area contributed by atoms with Crippen molar-refractivity contribution in [1.29, 1.82) is 0 Å². The molecule has 0 spiro atoms. The van der Waals surface area contributed by atoms with Crippen molar-refractivity contribution in [2.75, 3.05) is 5.32 Å². The fraction of sp³-hybridized carbons (Fsp3) is 0.429. The highest BCUT2D eigenvalue weighted by molar-refractivity contribution is 7.10. The second-order valence-electron chi connectivity index (χ2n) is 4.92. The van der Waals surface area contributed by atoms with E-state index in [4.69, 9.17) is 11.6 Å². The van der Waals surface area contributed by atoms with Crippen LogP contribution in [-0.2, 0) is 0 Å². The molecule has 0 saturated heterocycles. The summed E-state index contributed by atoms with van der Waals surface area (Å²) in [6.07, 6.45) is 0. The molecule has 1 atom stereocenters. The Bertz CT molecular complexity index is 552. The van der Waals surface area contributed by atoms with Gasteiger partial charge in [-0.25, -0.2) is 9.97 Å². The number of hydrogen-bond donors (Lipinski definition) is 1. The second-order valence-corrected chi connectivity index (χ2v) is 6.25. The van der Waals surface area contributed by atoms with Crippen LogP contribution in [0.2, 0.25) is 5.15 Å². The fourth-order valence-electron chi connectivity index (χ4n) is 1.85. The van der Waals surface area contributed by atoms with Gasteiger partial charge in [0.15, 0.2) is 11.0 Å². The molecule has 2 aromatic heterocycles. The van der Waals surface area contributed by atoms with Gasteiger partial charge in [0.25, 0.3) is 0 Å². The van der Waals surface area contributed by atoms with Gasteiger partial charge in [-0.3, -0.25) is 0 Å². The molecule has 2 aromatic rings. The number of aryl methyl sites for hydroxylation is 2. The van der Waals surface area contributed by atoms with E-state index in [1.807, 2.05) is 13.8 Å². The first-order chi connectivity index (χ1) is 8.99. The molecule has 0 bridgehead atoms. The Morgan fingerprint density at radius 3 is 2.47 bits per heavy atom. The highest BCUT2D eigenvalue weighted by atomic mass is 35.5. The number of rotatable bonds is 4. The van der Waals surface area contributed by atoms with Crippen LogP contribution in [0, 0.1) is 19.8 Å². The highest BCUT2D eigenvalue weighted by Gasteiger charge is 2.19. The number of hydrogen-bond acceptors (Lipinski definition) is 4. The Hall–Kier alpha value is -1.13. The SMILES string of the molecule is Cc1nc(Cl)c(NC(c2cccs2)C(C)C)nc1C. The molecule has 102 valence electrons. The quantitative estimate of drug-likeness (QED) is 0.894. The van der Waals surface area contributed by atoms with Crippen LogP contribution in [0.25, 0.3) is 0 Å². The van der Waals surface area contributed by atoms with Gasteiger partial charge in [-0.1, -0.05) is 31.5 Å². The van der Waals surface area contributed by atoms with Crippen LogP contribution in [0.15, 0.2) is 17.5 Å². The summed E-state index contributed by atoms with van der Waals surface area (Å²) < 4.78 is 0. The maximum Gasteiger partial charge on any atom is 0.171 e. The van der Waals surface area contributed by atoms with Gasteiger partial charge in [-0.05, 0) is 31.2 Å². The molecule has 0 saturated carbocycles. The van der Waals surface area contributed by atoms with Gasteiger partial charge < -0.3 is 5.32 Å². The van der Waals surface area contributed by atoms with Crippen molar-refractivity contribution in [2.24, 2.45) is 5.92 Å². The summed E-state index contributed by atoms with van der Waals surface area (Å²) in [7, 11) is 0. The minimum absolute atomic E-state index is 0.203. The zero-order valence-electron chi connectivity index (χ0n) is 11.6. The summed E-state index contributed by atoms with van der Waals surface area (Å²) >= 11 is 7.92. The molecular weight excluding hydrogens is 278 g/mol. The Labute approximate surface area is 123 Å². The van der Waals surface area contributed by atoms with Crippen molar-refractivity contribution in [1.82, 2.24) is 9.97 Å². The van der Waals surface area contributed by atoms with E-state index in [0.29, 0.717) is 16.9 Å². The van der Waals surface area contributed by atoms with E-state index in [1.54, 1.807) is 11.3 Å².